The molecular weight excluding hydrogens is 569 g/mol. The van der Waals surface area contributed by atoms with E-state index >= 15 is 0 Å². The van der Waals surface area contributed by atoms with Gasteiger partial charge >= 0.3 is 6.18 Å². The van der Waals surface area contributed by atoms with Gasteiger partial charge in [-0.1, -0.05) is 54.6 Å². The van der Waals surface area contributed by atoms with Gasteiger partial charge in [-0.3, -0.25) is 14.5 Å². The summed E-state index contributed by atoms with van der Waals surface area (Å²) in [5, 5.41) is 10.2. The van der Waals surface area contributed by atoms with Crippen molar-refractivity contribution in [2.45, 2.75) is 18.5 Å². The fourth-order valence-electron chi connectivity index (χ4n) is 3.95. The van der Waals surface area contributed by atoms with Crippen LogP contribution in [-0.2, 0) is 28.6 Å². The van der Waals surface area contributed by atoms with Gasteiger partial charge in [0.2, 0.25) is 10.0 Å². The molecule has 42 heavy (non-hydrogen) atoms. The highest BCUT2D eigenvalue weighted by Gasteiger charge is 2.30. The highest BCUT2D eigenvalue weighted by Crippen LogP contribution is 2.34. The molecule has 0 spiro atoms. The summed E-state index contributed by atoms with van der Waals surface area (Å²) in [5.74, 6) is -0.814. The smallest absolute Gasteiger partial charge is 0.416 e. The SMILES string of the molecule is CN(c1ccc(NC(=O)c2ccc(C(=N)N)cc2)cc1OCc1ccc(C(F)(F)F)cc1)S(=O)(=O)Cc1ccccc1. The monoisotopic (exact) mass is 596 g/mol. The summed E-state index contributed by atoms with van der Waals surface area (Å²) >= 11 is 0. The van der Waals surface area contributed by atoms with Gasteiger partial charge in [-0.25, -0.2) is 8.42 Å². The van der Waals surface area contributed by atoms with Crippen molar-refractivity contribution < 1.29 is 31.1 Å². The van der Waals surface area contributed by atoms with Gasteiger partial charge in [0.05, 0.1) is 17.0 Å². The minimum Gasteiger partial charge on any atom is -0.487 e. The molecule has 4 aromatic rings. The van der Waals surface area contributed by atoms with Crippen LogP contribution in [0.2, 0.25) is 0 Å². The molecular formula is C30H27F3N4O4S. The van der Waals surface area contributed by atoms with Crippen LogP contribution in [0.25, 0.3) is 0 Å². The normalized spacial score (nSPS) is 11.5. The number of nitrogens with one attached hydrogen (secondary N) is 2. The van der Waals surface area contributed by atoms with Crippen LogP contribution in [0.4, 0.5) is 24.5 Å². The zero-order valence-electron chi connectivity index (χ0n) is 22.4. The van der Waals surface area contributed by atoms with Crippen LogP contribution in [0.15, 0.2) is 97.1 Å². The maximum atomic E-state index is 13.3. The van der Waals surface area contributed by atoms with Crippen LogP contribution in [0.1, 0.15) is 32.6 Å². The Morgan fingerprint density at radius 2 is 1.52 bits per heavy atom. The average Bonchev–Trinajstić information content (AvgIpc) is 2.96. The van der Waals surface area contributed by atoms with Crippen LogP contribution in [0, 0.1) is 5.41 Å². The molecule has 0 fully saturated rings. The number of amidine groups is 1. The Balaban J connectivity index is 1.61. The summed E-state index contributed by atoms with van der Waals surface area (Å²) in [6, 6.07) is 23.5. The zero-order chi connectivity index (χ0) is 30.5. The van der Waals surface area contributed by atoms with E-state index in [9.17, 15) is 26.4 Å². The molecule has 4 aromatic carbocycles. The van der Waals surface area contributed by atoms with Crippen molar-refractivity contribution in [1.29, 1.82) is 5.41 Å². The first kappa shape index (κ1) is 30.1. The molecule has 12 heteroatoms. The van der Waals surface area contributed by atoms with E-state index in [1.165, 1.54) is 61.6 Å². The van der Waals surface area contributed by atoms with Gasteiger partial charge in [-0.15, -0.1) is 0 Å². The number of halogens is 3. The van der Waals surface area contributed by atoms with Crippen LogP contribution >= 0.6 is 0 Å². The number of amides is 1. The lowest BCUT2D eigenvalue weighted by Gasteiger charge is -2.23. The molecule has 0 aliphatic rings. The molecule has 218 valence electrons. The Labute approximate surface area is 241 Å². The van der Waals surface area contributed by atoms with E-state index in [0.717, 1.165) is 16.4 Å². The summed E-state index contributed by atoms with van der Waals surface area (Å²) in [7, 11) is -2.50. The Hall–Kier alpha value is -4.84. The third kappa shape index (κ3) is 7.46. The maximum Gasteiger partial charge on any atom is 0.416 e. The summed E-state index contributed by atoms with van der Waals surface area (Å²) in [4.78, 5) is 12.8. The van der Waals surface area contributed by atoms with E-state index < -0.39 is 27.7 Å². The molecule has 0 bridgehead atoms. The van der Waals surface area contributed by atoms with E-state index in [1.54, 1.807) is 30.3 Å². The quantitative estimate of drug-likeness (QED) is 0.158. The van der Waals surface area contributed by atoms with Crippen molar-refractivity contribution in [1.82, 2.24) is 0 Å². The molecule has 1 amide bonds. The number of hydrogen-bond acceptors (Lipinski definition) is 5. The van der Waals surface area contributed by atoms with Crippen LogP contribution in [0.5, 0.6) is 5.75 Å². The number of ether oxygens (including phenoxy) is 1. The van der Waals surface area contributed by atoms with Crippen molar-refractivity contribution in [2.24, 2.45) is 5.73 Å². The van der Waals surface area contributed by atoms with Crippen molar-refractivity contribution in [3.8, 4) is 5.75 Å². The summed E-state index contributed by atoms with van der Waals surface area (Å²) in [5.41, 5.74) is 6.86. The van der Waals surface area contributed by atoms with E-state index in [0.29, 0.717) is 22.3 Å². The van der Waals surface area contributed by atoms with Gasteiger partial charge in [0.15, 0.2) is 0 Å². The molecule has 0 aliphatic carbocycles. The Morgan fingerprint density at radius 3 is 2.12 bits per heavy atom. The number of hydrogen-bond donors (Lipinski definition) is 3. The maximum absolute atomic E-state index is 13.3. The average molecular weight is 597 g/mol. The Bertz CT molecular complexity index is 1680. The fourth-order valence-corrected chi connectivity index (χ4v) is 5.21. The lowest BCUT2D eigenvalue weighted by molar-refractivity contribution is -0.137. The van der Waals surface area contributed by atoms with E-state index in [-0.39, 0.29) is 35.3 Å². The topological polar surface area (TPSA) is 126 Å². The molecule has 4 N–H and O–H groups in total. The largest absolute Gasteiger partial charge is 0.487 e. The van der Waals surface area contributed by atoms with E-state index in [2.05, 4.69) is 5.32 Å². The molecule has 0 unspecified atom stereocenters. The summed E-state index contributed by atoms with van der Waals surface area (Å²) in [6.45, 7) is -0.165. The van der Waals surface area contributed by atoms with Crippen LogP contribution in [0.3, 0.4) is 0 Å². The molecule has 8 nitrogen and oxygen atoms in total. The Kier molecular flexibility index (Phi) is 8.86. The third-order valence-corrected chi connectivity index (χ3v) is 8.03. The molecule has 0 aliphatic heterocycles. The zero-order valence-corrected chi connectivity index (χ0v) is 23.2. The van der Waals surface area contributed by atoms with Gasteiger partial charge < -0.3 is 15.8 Å². The number of nitrogens with zero attached hydrogens (tertiary/aromatic N) is 1. The summed E-state index contributed by atoms with van der Waals surface area (Å²) in [6.07, 6.45) is -4.48. The second kappa shape index (κ2) is 12.4. The molecule has 0 atom stereocenters. The molecule has 4 rings (SSSR count). The molecule has 0 radical (unpaired) electrons. The van der Waals surface area contributed by atoms with Crippen molar-refractivity contribution >= 4 is 33.1 Å². The van der Waals surface area contributed by atoms with Crippen molar-refractivity contribution in [3.63, 3.8) is 0 Å². The highest BCUT2D eigenvalue weighted by atomic mass is 32.2. The first-order valence-corrected chi connectivity index (χ1v) is 14.1. The number of sulfonamides is 1. The van der Waals surface area contributed by atoms with Gasteiger partial charge in [-0.2, -0.15) is 13.2 Å². The van der Waals surface area contributed by atoms with E-state index in [4.69, 9.17) is 15.9 Å². The lowest BCUT2D eigenvalue weighted by Crippen LogP contribution is -2.28. The van der Waals surface area contributed by atoms with Gasteiger partial charge in [0.25, 0.3) is 5.91 Å². The minimum atomic E-state index is -4.48. The van der Waals surface area contributed by atoms with Crippen LogP contribution in [-0.4, -0.2) is 27.2 Å². The number of carbonyl (C=O) groups is 1. The van der Waals surface area contributed by atoms with Crippen molar-refractivity contribution in [3.05, 3.63) is 125 Å². The predicted octanol–water partition coefficient (Wildman–Crippen LogP) is 5.79. The number of nitrogens with two attached hydrogens (primary N) is 1. The number of rotatable bonds is 10. The number of anilines is 2. The second-order valence-electron chi connectivity index (χ2n) is 9.32. The van der Waals surface area contributed by atoms with Crippen LogP contribution < -0.4 is 20.1 Å². The number of benzene rings is 4. The van der Waals surface area contributed by atoms with Crippen molar-refractivity contribution in [2.75, 3.05) is 16.7 Å². The minimum absolute atomic E-state index is 0.0822. The Morgan fingerprint density at radius 1 is 0.905 bits per heavy atom. The molecule has 0 saturated heterocycles. The fraction of sp³-hybridized carbons (Fsp3) is 0.133. The highest BCUT2D eigenvalue weighted by molar-refractivity contribution is 7.92. The molecule has 0 aromatic heterocycles. The van der Waals surface area contributed by atoms with Gasteiger partial charge in [0.1, 0.15) is 18.2 Å². The number of carbonyl (C=O) groups excluding carboxylic acids is 1. The third-order valence-electron chi connectivity index (χ3n) is 6.30. The standard InChI is InChI=1S/C30H27F3N4O4S/c1-37(42(39,40)19-21-5-3-2-4-6-21)26-16-15-25(36-29(38)23-11-9-22(10-12-23)28(34)35)17-27(26)41-18-20-7-13-24(14-8-20)30(31,32)33/h2-17H,18-19H2,1H3,(H3,34,35)(H,36,38). The summed E-state index contributed by atoms with van der Waals surface area (Å²) < 4.78 is 72.4. The first-order chi connectivity index (χ1) is 19.8. The molecule has 0 saturated carbocycles. The van der Waals surface area contributed by atoms with Gasteiger partial charge in [0, 0.05) is 29.9 Å². The van der Waals surface area contributed by atoms with E-state index in [1.807, 2.05) is 0 Å². The second-order valence-corrected chi connectivity index (χ2v) is 11.3. The number of nitrogen functional groups attached to an aromatic ring is 1. The molecule has 0 heterocycles. The predicted molar refractivity (Wildman–Crippen MR) is 155 cm³/mol. The lowest BCUT2D eigenvalue weighted by atomic mass is 10.1. The number of alkyl halides is 3. The first-order valence-electron chi connectivity index (χ1n) is 12.5. The van der Waals surface area contributed by atoms with Gasteiger partial charge in [-0.05, 0) is 47.5 Å².